The number of nitrogens with one attached hydrogen (secondary N) is 4. The van der Waals surface area contributed by atoms with Crippen LogP contribution in [0.15, 0.2) is 42.5 Å². The number of piperidine rings is 1. The average Bonchev–Trinajstić information content (AvgIpc) is 2.68. The first kappa shape index (κ1) is 20.2. The molecule has 1 aliphatic rings. The molecule has 148 valence electrons. The minimum absolute atomic E-state index is 0.274. The summed E-state index contributed by atoms with van der Waals surface area (Å²) < 4.78 is 0. The number of anilines is 2. The lowest BCUT2D eigenvalue weighted by Gasteiger charge is -2.23. The summed E-state index contributed by atoms with van der Waals surface area (Å²) in [5, 5.41) is 12.0. The fourth-order valence-corrected chi connectivity index (χ4v) is 3.59. The third kappa shape index (κ3) is 5.47. The van der Waals surface area contributed by atoms with Gasteiger partial charge in [-0.15, -0.1) is 0 Å². The first-order chi connectivity index (χ1) is 13.5. The number of carbonyl (C=O) groups is 2. The first-order valence-electron chi connectivity index (χ1n) is 9.52. The maximum absolute atomic E-state index is 12.7. The van der Waals surface area contributed by atoms with Crippen LogP contribution < -0.4 is 21.3 Å². The van der Waals surface area contributed by atoms with Crippen LogP contribution in [0, 0.1) is 0 Å². The molecule has 0 saturated carbocycles. The lowest BCUT2D eigenvalue weighted by molar-refractivity contribution is 0.102. The Kier molecular flexibility index (Phi) is 6.90. The molecular weight excluding hydrogens is 376 g/mol. The van der Waals surface area contributed by atoms with Gasteiger partial charge < -0.3 is 21.3 Å². The SMILES string of the molecule is CCNC(=O)Nc1cc(Cl)cc(C(=O)Nc2cccc(C3CCNCC3)c2)c1. The van der Waals surface area contributed by atoms with Crippen molar-refractivity contribution in [1.29, 1.82) is 0 Å². The van der Waals surface area contributed by atoms with Crippen molar-refractivity contribution in [3.63, 3.8) is 0 Å². The van der Waals surface area contributed by atoms with E-state index in [9.17, 15) is 9.59 Å². The van der Waals surface area contributed by atoms with Gasteiger partial charge in [0.1, 0.15) is 0 Å². The molecule has 4 N–H and O–H groups in total. The second kappa shape index (κ2) is 9.57. The van der Waals surface area contributed by atoms with Crippen molar-refractivity contribution in [3.05, 3.63) is 58.6 Å². The predicted molar refractivity (Wildman–Crippen MR) is 113 cm³/mol. The van der Waals surface area contributed by atoms with Gasteiger partial charge in [-0.1, -0.05) is 23.7 Å². The highest BCUT2D eigenvalue weighted by molar-refractivity contribution is 6.31. The molecule has 3 amide bonds. The molecule has 7 heteroatoms. The fourth-order valence-electron chi connectivity index (χ4n) is 3.36. The van der Waals surface area contributed by atoms with Gasteiger partial charge in [0, 0.05) is 28.5 Å². The Hall–Kier alpha value is -2.57. The van der Waals surface area contributed by atoms with Crippen molar-refractivity contribution in [3.8, 4) is 0 Å². The highest BCUT2D eigenvalue weighted by Gasteiger charge is 2.16. The summed E-state index contributed by atoms with van der Waals surface area (Å²) in [6.45, 7) is 4.37. The largest absolute Gasteiger partial charge is 0.338 e. The molecule has 0 unspecified atom stereocenters. The Morgan fingerprint density at radius 1 is 1.07 bits per heavy atom. The third-order valence-electron chi connectivity index (χ3n) is 4.71. The van der Waals surface area contributed by atoms with Crippen molar-refractivity contribution in [2.24, 2.45) is 0 Å². The minimum Gasteiger partial charge on any atom is -0.338 e. The maximum Gasteiger partial charge on any atom is 0.319 e. The van der Waals surface area contributed by atoms with Crippen LogP contribution in [0.25, 0.3) is 0 Å². The van der Waals surface area contributed by atoms with Crippen molar-refractivity contribution < 1.29 is 9.59 Å². The smallest absolute Gasteiger partial charge is 0.319 e. The summed E-state index contributed by atoms with van der Waals surface area (Å²) in [4.78, 5) is 24.4. The van der Waals surface area contributed by atoms with Gasteiger partial charge in [-0.3, -0.25) is 4.79 Å². The summed E-state index contributed by atoms with van der Waals surface area (Å²) >= 11 is 6.13. The fraction of sp³-hybridized carbons (Fsp3) is 0.333. The molecule has 0 atom stereocenters. The molecule has 0 bridgehead atoms. The molecule has 6 nitrogen and oxygen atoms in total. The van der Waals surface area contributed by atoms with Crippen LogP contribution in [-0.4, -0.2) is 31.6 Å². The van der Waals surface area contributed by atoms with Gasteiger partial charge in [0.25, 0.3) is 5.91 Å². The molecule has 1 heterocycles. The van der Waals surface area contributed by atoms with E-state index < -0.39 is 0 Å². The summed E-state index contributed by atoms with van der Waals surface area (Å²) in [6, 6.07) is 12.4. The van der Waals surface area contributed by atoms with E-state index in [-0.39, 0.29) is 11.9 Å². The molecular formula is C21H25ClN4O2. The molecule has 3 rings (SSSR count). The van der Waals surface area contributed by atoms with Gasteiger partial charge in [-0.2, -0.15) is 0 Å². The number of carbonyl (C=O) groups excluding carboxylic acids is 2. The van der Waals surface area contributed by atoms with Gasteiger partial charge in [-0.25, -0.2) is 4.79 Å². The van der Waals surface area contributed by atoms with E-state index in [4.69, 9.17) is 11.6 Å². The topological polar surface area (TPSA) is 82.3 Å². The molecule has 0 aliphatic carbocycles. The lowest BCUT2D eigenvalue weighted by atomic mass is 9.90. The monoisotopic (exact) mass is 400 g/mol. The molecule has 1 saturated heterocycles. The summed E-state index contributed by atoms with van der Waals surface area (Å²) in [5.41, 5.74) is 2.84. The standard InChI is InChI=1S/C21H25ClN4O2/c1-2-24-21(28)26-19-12-16(10-17(22)13-19)20(27)25-18-5-3-4-15(11-18)14-6-8-23-9-7-14/h3-5,10-14,23H,2,6-9H2,1H3,(H,25,27)(H2,24,26,28). The zero-order valence-corrected chi connectivity index (χ0v) is 16.6. The summed E-state index contributed by atoms with van der Waals surface area (Å²) in [6.07, 6.45) is 2.20. The van der Waals surface area contributed by atoms with Crippen LogP contribution >= 0.6 is 11.6 Å². The number of hydrogen-bond donors (Lipinski definition) is 4. The van der Waals surface area contributed by atoms with E-state index in [1.54, 1.807) is 18.2 Å². The second-order valence-electron chi connectivity index (χ2n) is 6.82. The van der Waals surface area contributed by atoms with Crippen molar-refractivity contribution in [2.45, 2.75) is 25.7 Å². The number of amides is 3. The number of benzene rings is 2. The number of rotatable bonds is 5. The lowest BCUT2D eigenvalue weighted by Crippen LogP contribution is -2.28. The van der Waals surface area contributed by atoms with Crippen LogP contribution in [-0.2, 0) is 0 Å². The second-order valence-corrected chi connectivity index (χ2v) is 7.25. The normalized spacial score (nSPS) is 14.4. The van der Waals surface area contributed by atoms with E-state index in [0.717, 1.165) is 31.6 Å². The predicted octanol–water partition coefficient (Wildman–Crippen LogP) is 4.20. The van der Waals surface area contributed by atoms with E-state index in [0.29, 0.717) is 28.7 Å². The first-order valence-corrected chi connectivity index (χ1v) is 9.90. The summed E-state index contributed by atoms with van der Waals surface area (Å²) in [7, 11) is 0. The molecule has 1 fully saturated rings. The molecule has 1 aliphatic heterocycles. The zero-order chi connectivity index (χ0) is 19.9. The Morgan fingerprint density at radius 2 is 1.86 bits per heavy atom. The van der Waals surface area contributed by atoms with E-state index in [2.05, 4.69) is 27.3 Å². The van der Waals surface area contributed by atoms with Crippen LogP contribution in [0.4, 0.5) is 16.2 Å². The van der Waals surface area contributed by atoms with Gasteiger partial charge in [-0.05, 0) is 74.7 Å². The van der Waals surface area contributed by atoms with Gasteiger partial charge in [0.15, 0.2) is 0 Å². The van der Waals surface area contributed by atoms with Gasteiger partial charge in [0.2, 0.25) is 0 Å². The molecule has 2 aromatic carbocycles. The molecule has 2 aromatic rings. The van der Waals surface area contributed by atoms with Crippen LogP contribution in [0.3, 0.4) is 0 Å². The van der Waals surface area contributed by atoms with Crippen LogP contribution in [0.1, 0.15) is 41.6 Å². The number of hydrogen-bond acceptors (Lipinski definition) is 3. The molecule has 0 aromatic heterocycles. The Morgan fingerprint density at radius 3 is 2.61 bits per heavy atom. The number of urea groups is 1. The number of halogens is 1. The maximum atomic E-state index is 12.7. The Bertz CT molecular complexity index is 850. The van der Waals surface area contributed by atoms with E-state index >= 15 is 0 Å². The highest BCUT2D eigenvalue weighted by atomic mass is 35.5. The average molecular weight is 401 g/mol. The van der Waals surface area contributed by atoms with Crippen LogP contribution in [0.2, 0.25) is 5.02 Å². The van der Waals surface area contributed by atoms with Crippen molar-refractivity contribution in [2.75, 3.05) is 30.3 Å². The molecule has 0 spiro atoms. The zero-order valence-electron chi connectivity index (χ0n) is 15.8. The van der Waals surface area contributed by atoms with E-state index in [1.807, 2.05) is 25.1 Å². The molecule has 28 heavy (non-hydrogen) atoms. The quantitative estimate of drug-likeness (QED) is 0.607. The van der Waals surface area contributed by atoms with Crippen molar-refractivity contribution >= 4 is 34.9 Å². The van der Waals surface area contributed by atoms with Gasteiger partial charge in [0.05, 0.1) is 0 Å². The Balaban J connectivity index is 1.72. The van der Waals surface area contributed by atoms with Crippen LogP contribution in [0.5, 0.6) is 0 Å². The summed E-state index contributed by atoms with van der Waals surface area (Å²) in [5.74, 6) is 0.237. The third-order valence-corrected chi connectivity index (χ3v) is 4.93. The van der Waals surface area contributed by atoms with Gasteiger partial charge >= 0.3 is 6.03 Å². The Labute approximate surface area is 170 Å². The molecule has 0 radical (unpaired) electrons. The highest BCUT2D eigenvalue weighted by Crippen LogP contribution is 2.27. The van der Waals surface area contributed by atoms with Crippen molar-refractivity contribution in [1.82, 2.24) is 10.6 Å². The van der Waals surface area contributed by atoms with E-state index in [1.165, 1.54) is 5.56 Å². The minimum atomic E-state index is -0.342.